The molecule has 0 atom stereocenters. The van der Waals surface area contributed by atoms with Crippen LogP contribution in [0.3, 0.4) is 0 Å². The Balaban J connectivity index is 1.76. The van der Waals surface area contributed by atoms with Crippen molar-refractivity contribution in [1.29, 1.82) is 0 Å². The highest BCUT2D eigenvalue weighted by molar-refractivity contribution is 7.29. The van der Waals surface area contributed by atoms with E-state index in [1.54, 1.807) is 18.4 Å². The van der Waals surface area contributed by atoms with Gasteiger partial charge < -0.3 is 9.64 Å². The number of carbonyl (C=O) groups is 1. The largest absolute Gasteiger partial charge is 0.497 e. The Morgan fingerprint density at radius 1 is 1.25 bits per heavy atom. The number of aromatic nitrogens is 1. The van der Waals surface area contributed by atoms with E-state index < -0.39 is 0 Å². The molecule has 126 valence electrons. The highest BCUT2D eigenvalue weighted by Gasteiger charge is 2.17. The molecule has 6 heteroatoms. The fourth-order valence-corrected chi connectivity index (χ4v) is 4.49. The molecule has 0 fully saturated rings. The zero-order chi connectivity index (χ0) is 17.3. The smallest absolute Gasteiger partial charge is 0.187 e. The molecule has 3 aromatic rings. The third-order valence-electron chi connectivity index (χ3n) is 3.95. The van der Waals surface area contributed by atoms with Gasteiger partial charge in [0.1, 0.15) is 10.6 Å². The van der Waals surface area contributed by atoms with Crippen LogP contribution in [0.1, 0.15) is 29.1 Å². The first-order valence-electron chi connectivity index (χ1n) is 7.77. The molecule has 0 aliphatic heterocycles. The van der Waals surface area contributed by atoms with Gasteiger partial charge in [-0.3, -0.25) is 4.79 Å². The van der Waals surface area contributed by atoms with Crippen LogP contribution in [0.25, 0.3) is 9.53 Å². The Bertz CT molecular complexity index is 818. The van der Waals surface area contributed by atoms with Gasteiger partial charge in [-0.25, -0.2) is 4.98 Å². The topological polar surface area (TPSA) is 42.4 Å². The van der Waals surface area contributed by atoms with Crippen LogP contribution in [0.15, 0.2) is 30.3 Å². The van der Waals surface area contributed by atoms with Crippen molar-refractivity contribution < 1.29 is 9.53 Å². The Kier molecular flexibility index (Phi) is 4.87. The Hall–Kier alpha value is -1.92. The van der Waals surface area contributed by atoms with Crippen LogP contribution in [0.2, 0.25) is 0 Å². The molecule has 0 aliphatic rings. The first-order chi connectivity index (χ1) is 11.5. The molecule has 0 unspecified atom stereocenters. The van der Waals surface area contributed by atoms with Crippen molar-refractivity contribution in [3.05, 3.63) is 40.8 Å². The van der Waals surface area contributed by atoms with Crippen LogP contribution in [-0.4, -0.2) is 31.0 Å². The van der Waals surface area contributed by atoms with Crippen molar-refractivity contribution >= 4 is 43.1 Å². The maximum Gasteiger partial charge on any atom is 0.187 e. The van der Waals surface area contributed by atoms with Crippen molar-refractivity contribution in [3.8, 4) is 5.75 Å². The molecule has 2 heterocycles. The van der Waals surface area contributed by atoms with E-state index >= 15 is 0 Å². The molecule has 0 aliphatic carbocycles. The molecule has 24 heavy (non-hydrogen) atoms. The molecule has 0 saturated carbocycles. The predicted octanol–water partition coefficient (Wildman–Crippen LogP) is 4.64. The Labute approximate surface area is 149 Å². The quantitative estimate of drug-likeness (QED) is 0.601. The van der Waals surface area contributed by atoms with Gasteiger partial charge in [0, 0.05) is 19.5 Å². The molecule has 0 radical (unpaired) electrons. The number of fused-ring (bicyclic) bond motifs is 1. The number of methoxy groups -OCH3 is 1. The number of thiazole rings is 1. The fraction of sp³-hybridized carbons (Fsp3) is 0.333. The van der Waals surface area contributed by atoms with Gasteiger partial charge in [-0.05, 0) is 37.6 Å². The maximum absolute atomic E-state index is 12.5. The third kappa shape index (κ3) is 3.44. The Morgan fingerprint density at radius 3 is 2.54 bits per heavy atom. The predicted molar refractivity (Wildman–Crippen MR) is 102 cm³/mol. The minimum Gasteiger partial charge on any atom is -0.497 e. The van der Waals surface area contributed by atoms with Gasteiger partial charge >= 0.3 is 0 Å². The highest BCUT2D eigenvalue weighted by atomic mass is 32.1. The molecule has 4 nitrogen and oxygen atoms in total. The lowest BCUT2D eigenvalue weighted by Gasteiger charge is -2.19. The van der Waals surface area contributed by atoms with Crippen LogP contribution in [0, 0.1) is 0 Å². The van der Waals surface area contributed by atoms with E-state index in [-0.39, 0.29) is 5.78 Å². The van der Waals surface area contributed by atoms with Crippen LogP contribution >= 0.6 is 22.7 Å². The number of hydrogen-bond donors (Lipinski definition) is 0. The van der Waals surface area contributed by atoms with E-state index in [1.807, 2.05) is 37.4 Å². The molecular weight excluding hydrogens is 340 g/mol. The summed E-state index contributed by atoms with van der Waals surface area (Å²) in [6.07, 6.45) is 0.399. The minimum atomic E-state index is 0.133. The molecule has 0 bridgehead atoms. The monoisotopic (exact) mass is 360 g/mol. The standard InChI is InChI=1S/C18H20N2O2S2/c1-11(2)20(3)18-19-17-16(24-18)10-15(23-17)14(21)9-12-5-7-13(22-4)8-6-12/h5-8,10-11H,9H2,1-4H3. The van der Waals surface area contributed by atoms with Gasteiger partial charge in [0.25, 0.3) is 0 Å². The number of Topliss-reactive ketones (excluding diaryl/α,β-unsaturated/α-hetero) is 1. The number of benzene rings is 1. The second-order valence-electron chi connectivity index (χ2n) is 5.93. The number of carbonyl (C=O) groups excluding carboxylic acids is 1. The van der Waals surface area contributed by atoms with E-state index in [2.05, 4.69) is 23.7 Å². The Morgan fingerprint density at radius 2 is 1.96 bits per heavy atom. The van der Waals surface area contributed by atoms with Gasteiger partial charge in [0.2, 0.25) is 0 Å². The van der Waals surface area contributed by atoms with Crippen LogP contribution < -0.4 is 9.64 Å². The molecule has 0 N–H and O–H groups in total. The molecule has 0 amide bonds. The van der Waals surface area contributed by atoms with E-state index in [0.717, 1.165) is 30.9 Å². The van der Waals surface area contributed by atoms with E-state index in [4.69, 9.17) is 4.74 Å². The van der Waals surface area contributed by atoms with Crippen LogP contribution in [-0.2, 0) is 6.42 Å². The maximum atomic E-state index is 12.5. The molecule has 3 rings (SSSR count). The van der Waals surface area contributed by atoms with Crippen LogP contribution in [0.5, 0.6) is 5.75 Å². The number of ether oxygens (including phenoxy) is 1. The number of rotatable bonds is 6. The summed E-state index contributed by atoms with van der Waals surface area (Å²) in [5.41, 5.74) is 0.991. The summed E-state index contributed by atoms with van der Waals surface area (Å²) in [5.74, 6) is 0.933. The lowest BCUT2D eigenvalue weighted by molar-refractivity contribution is 0.0997. The SMILES string of the molecule is COc1ccc(CC(=O)c2cc3sc(N(C)C(C)C)nc3s2)cc1. The summed E-state index contributed by atoms with van der Waals surface area (Å²) in [6, 6.07) is 10.0. The van der Waals surface area contributed by atoms with Crippen molar-refractivity contribution in [3.63, 3.8) is 0 Å². The number of ketones is 1. The second kappa shape index (κ2) is 6.91. The zero-order valence-electron chi connectivity index (χ0n) is 14.2. The zero-order valence-corrected chi connectivity index (χ0v) is 15.8. The summed E-state index contributed by atoms with van der Waals surface area (Å²) in [4.78, 5) is 21.0. The average molecular weight is 361 g/mol. The van der Waals surface area contributed by atoms with Crippen molar-refractivity contribution in [2.45, 2.75) is 26.3 Å². The van der Waals surface area contributed by atoms with Gasteiger partial charge in [0.15, 0.2) is 10.9 Å². The lowest BCUT2D eigenvalue weighted by atomic mass is 10.1. The van der Waals surface area contributed by atoms with Gasteiger partial charge in [-0.15, -0.1) is 11.3 Å². The molecule has 0 spiro atoms. The average Bonchev–Trinajstić information content (AvgIpc) is 3.13. The minimum absolute atomic E-state index is 0.133. The summed E-state index contributed by atoms with van der Waals surface area (Å²) in [5, 5.41) is 1.00. The van der Waals surface area contributed by atoms with Gasteiger partial charge in [-0.1, -0.05) is 23.5 Å². The van der Waals surface area contributed by atoms with E-state index in [0.29, 0.717) is 12.5 Å². The van der Waals surface area contributed by atoms with Gasteiger partial charge in [0.05, 0.1) is 16.7 Å². The fourth-order valence-electron chi connectivity index (χ4n) is 2.25. The van der Waals surface area contributed by atoms with Crippen molar-refractivity contribution in [2.24, 2.45) is 0 Å². The molecule has 0 saturated heterocycles. The summed E-state index contributed by atoms with van der Waals surface area (Å²) in [7, 11) is 3.68. The molecule has 2 aromatic heterocycles. The normalized spacial score (nSPS) is 11.2. The van der Waals surface area contributed by atoms with Crippen molar-refractivity contribution in [2.75, 3.05) is 19.1 Å². The third-order valence-corrected chi connectivity index (χ3v) is 6.25. The summed E-state index contributed by atoms with van der Waals surface area (Å²) >= 11 is 3.12. The van der Waals surface area contributed by atoms with Crippen molar-refractivity contribution in [1.82, 2.24) is 4.98 Å². The lowest BCUT2D eigenvalue weighted by Crippen LogP contribution is -2.25. The second-order valence-corrected chi connectivity index (χ2v) is 7.97. The number of anilines is 1. The molecular formula is C18H20N2O2S2. The summed E-state index contributed by atoms with van der Waals surface area (Å²) in [6.45, 7) is 4.28. The number of hydrogen-bond acceptors (Lipinski definition) is 6. The van der Waals surface area contributed by atoms with E-state index in [1.165, 1.54) is 11.3 Å². The number of thiophene rings is 1. The number of nitrogens with zero attached hydrogens (tertiary/aromatic N) is 2. The van der Waals surface area contributed by atoms with Gasteiger partial charge in [-0.2, -0.15) is 0 Å². The molecule has 1 aromatic carbocycles. The first-order valence-corrected chi connectivity index (χ1v) is 9.40. The summed E-state index contributed by atoms with van der Waals surface area (Å²) < 4.78 is 6.23. The first kappa shape index (κ1) is 16.9. The van der Waals surface area contributed by atoms with Crippen LogP contribution in [0.4, 0.5) is 5.13 Å². The highest BCUT2D eigenvalue weighted by Crippen LogP contribution is 2.35. The van der Waals surface area contributed by atoms with E-state index in [9.17, 15) is 4.79 Å².